The van der Waals surface area contributed by atoms with E-state index < -0.39 is 5.82 Å². The average molecular weight is 463 g/mol. The van der Waals surface area contributed by atoms with E-state index in [-0.39, 0.29) is 10.8 Å². The van der Waals surface area contributed by atoms with Crippen LogP contribution in [0, 0.1) is 17.7 Å². The molecule has 0 saturated carbocycles. The normalized spacial score (nSPS) is 10.8. The standard InChI is InChI=1S/C24H31ClF2N5/c1-3-13-32(18-21-9-6-10-22(25)24(21)27)15-12-29-30-16-19-7-5-8-20(23(19)26)17-31(4-2)14-11-28/h3,5-10,29H,1,4,11-15,17-18,28H2,2H3/q+1. The van der Waals surface area contributed by atoms with Gasteiger partial charge in [0.05, 0.1) is 16.5 Å². The van der Waals surface area contributed by atoms with Gasteiger partial charge in [-0.1, -0.05) is 54.3 Å². The van der Waals surface area contributed by atoms with Gasteiger partial charge in [0.25, 0.3) is 0 Å². The lowest BCUT2D eigenvalue weighted by Crippen LogP contribution is -2.30. The summed E-state index contributed by atoms with van der Waals surface area (Å²) in [7, 11) is 0. The molecule has 0 saturated heterocycles. The Bertz CT molecular complexity index is 942. The molecule has 0 bridgehead atoms. The highest BCUT2D eigenvalue weighted by Crippen LogP contribution is 2.19. The number of nitrogens with one attached hydrogen (secondary N) is 1. The van der Waals surface area contributed by atoms with E-state index in [1.807, 2.05) is 11.8 Å². The molecule has 0 heterocycles. The summed E-state index contributed by atoms with van der Waals surface area (Å²) in [5.74, 6) is -0.746. The van der Waals surface area contributed by atoms with Crippen LogP contribution < -0.4 is 11.2 Å². The predicted molar refractivity (Wildman–Crippen MR) is 128 cm³/mol. The Morgan fingerprint density at radius 3 is 2.47 bits per heavy atom. The molecule has 2 aromatic carbocycles. The third-order valence-electron chi connectivity index (χ3n) is 4.97. The Hall–Kier alpha value is -2.50. The van der Waals surface area contributed by atoms with Crippen LogP contribution in [-0.2, 0) is 13.1 Å². The molecule has 0 spiro atoms. The van der Waals surface area contributed by atoms with Gasteiger partial charge in [0.2, 0.25) is 0 Å². The zero-order valence-corrected chi connectivity index (χ0v) is 19.2. The molecule has 2 aromatic rings. The summed E-state index contributed by atoms with van der Waals surface area (Å²) < 4.78 is 29.0. The van der Waals surface area contributed by atoms with E-state index >= 15 is 0 Å². The number of hydrogen-bond acceptors (Lipinski definition) is 4. The zero-order chi connectivity index (χ0) is 23.3. The number of hydrogen-bond donors (Lipinski definition) is 2. The number of nitrogens with two attached hydrogens (primary N) is 1. The van der Waals surface area contributed by atoms with Gasteiger partial charge in [-0.25, -0.2) is 8.78 Å². The van der Waals surface area contributed by atoms with Crippen LogP contribution in [0.1, 0.15) is 23.6 Å². The molecule has 0 aliphatic rings. The molecule has 0 aromatic heterocycles. The number of benzene rings is 2. The molecule has 0 unspecified atom stereocenters. The van der Waals surface area contributed by atoms with Crippen molar-refractivity contribution in [2.24, 2.45) is 5.73 Å². The largest absolute Gasteiger partial charge is 0.360 e. The van der Waals surface area contributed by atoms with Crippen LogP contribution in [0.5, 0.6) is 0 Å². The first-order valence-corrected chi connectivity index (χ1v) is 11.0. The van der Waals surface area contributed by atoms with Crippen molar-refractivity contribution in [3.05, 3.63) is 87.4 Å². The van der Waals surface area contributed by atoms with Crippen LogP contribution in [0.15, 0.2) is 49.1 Å². The van der Waals surface area contributed by atoms with Crippen LogP contribution in [0.4, 0.5) is 8.78 Å². The maximum atomic E-state index is 14.8. The fraction of sp³-hybridized carbons (Fsp3) is 0.375. The summed E-state index contributed by atoms with van der Waals surface area (Å²) in [6.45, 7) is 10.3. The van der Waals surface area contributed by atoms with E-state index in [0.717, 1.165) is 6.54 Å². The molecule has 32 heavy (non-hydrogen) atoms. The lowest BCUT2D eigenvalue weighted by atomic mass is 10.1. The Morgan fingerprint density at radius 1 is 1.09 bits per heavy atom. The van der Waals surface area contributed by atoms with Crippen LogP contribution in [-0.4, -0.2) is 49.1 Å². The van der Waals surface area contributed by atoms with Gasteiger partial charge in [0, 0.05) is 50.4 Å². The molecule has 8 heteroatoms. The van der Waals surface area contributed by atoms with Gasteiger partial charge in [-0.2, -0.15) is 0 Å². The minimum atomic E-state index is -0.411. The SMILES string of the molecule is C=CCN(CCN[N+]#Cc1cccc(CN(CC)CCN)c1F)Cc1cccc(Cl)c1F. The maximum absolute atomic E-state index is 14.8. The molecular formula is C24H31ClF2N5+. The van der Waals surface area contributed by atoms with E-state index in [9.17, 15) is 8.78 Å². The molecule has 0 aliphatic carbocycles. The molecule has 0 amide bonds. The molecule has 0 fully saturated rings. The van der Waals surface area contributed by atoms with Gasteiger partial charge in [-0.15, -0.1) is 6.58 Å². The highest BCUT2D eigenvalue weighted by Gasteiger charge is 2.14. The predicted octanol–water partition coefficient (Wildman–Crippen LogP) is 4.27. The lowest BCUT2D eigenvalue weighted by molar-refractivity contribution is 0.284. The second-order valence-corrected chi connectivity index (χ2v) is 7.71. The second-order valence-electron chi connectivity index (χ2n) is 7.30. The van der Waals surface area contributed by atoms with E-state index in [1.165, 1.54) is 6.07 Å². The summed E-state index contributed by atoms with van der Waals surface area (Å²) >= 11 is 5.87. The highest BCUT2D eigenvalue weighted by atomic mass is 35.5. The zero-order valence-electron chi connectivity index (χ0n) is 18.5. The summed E-state index contributed by atoms with van der Waals surface area (Å²) in [5.41, 5.74) is 9.89. The molecule has 5 nitrogen and oxygen atoms in total. The van der Waals surface area contributed by atoms with Gasteiger partial charge in [0.15, 0.2) is 0 Å². The van der Waals surface area contributed by atoms with E-state index in [2.05, 4.69) is 27.9 Å². The highest BCUT2D eigenvalue weighted by molar-refractivity contribution is 6.30. The van der Waals surface area contributed by atoms with Crippen molar-refractivity contribution in [3.8, 4) is 6.07 Å². The summed E-state index contributed by atoms with van der Waals surface area (Å²) in [6, 6.07) is 12.9. The number of nitrogens with zero attached hydrogens (tertiary/aromatic N) is 3. The minimum Gasteiger partial charge on any atom is -0.329 e. The third kappa shape index (κ3) is 7.88. The topological polar surface area (TPSA) is 48.9 Å². The van der Waals surface area contributed by atoms with Crippen molar-refractivity contribution in [1.29, 1.82) is 0 Å². The van der Waals surface area contributed by atoms with E-state index in [1.54, 1.807) is 36.4 Å². The molecular weight excluding hydrogens is 432 g/mol. The van der Waals surface area contributed by atoms with Gasteiger partial charge in [-0.05, 0) is 18.7 Å². The Labute approximate surface area is 194 Å². The number of halogens is 3. The molecule has 172 valence electrons. The van der Waals surface area contributed by atoms with Crippen LogP contribution >= 0.6 is 11.6 Å². The number of rotatable bonds is 12. The van der Waals surface area contributed by atoms with E-state index in [0.29, 0.717) is 62.5 Å². The quantitative estimate of drug-likeness (QED) is 0.281. The van der Waals surface area contributed by atoms with Gasteiger partial charge >= 0.3 is 6.07 Å². The van der Waals surface area contributed by atoms with Gasteiger partial charge in [0.1, 0.15) is 17.2 Å². The van der Waals surface area contributed by atoms with Crippen molar-refractivity contribution in [2.75, 3.05) is 39.3 Å². The average Bonchev–Trinajstić information content (AvgIpc) is 2.78. The Balaban J connectivity index is 1.94. The first-order chi connectivity index (χ1) is 15.5. The molecule has 0 radical (unpaired) electrons. The summed E-state index contributed by atoms with van der Waals surface area (Å²) in [4.78, 5) is 8.11. The minimum absolute atomic E-state index is 0.104. The summed E-state index contributed by atoms with van der Waals surface area (Å²) in [6.07, 6.45) is 1.75. The Morgan fingerprint density at radius 2 is 1.78 bits per heavy atom. The Kier molecular flexibility index (Phi) is 11.1. The summed E-state index contributed by atoms with van der Waals surface area (Å²) in [5, 5.41) is 0.104. The van der Waals surface area contributed by atoms with Crippen LogP contribution in [0.3, 0.4) is 0 Å². The van der Waals surface area contributed by atoms with Crippen molar-refractivity contribution in [1.82, 2.24) is 15.2 Å². The van der Waals surface area contributed by atoms with Crippen molar-refractivity contribution >= 4 is 11.6 Å². The van der Waals surface area contributed by atoms with Crippen LogP contribution in [0.25, 0.3) is 4.95 Å². The lowest BCUT2D eigenvalue weighted by Gasteiger charge is -2.19. The maximum Gasteiger partial charge on any atom is 0.360 e. The molecule has 2 rings (SSSR count). The smallest absolute Gasteiger partial charge is 0.329 e. The fourth-order valence-electron chi connectivity index (χ4n) is 3.25. The van der Waals surface area contributed by atoms with Crippen molar-refractivity contribution in [2.45, 2.75) is 20.0 Å². The monoisotopic (exact) mass is 462 g/mol. The second kappa shape index (κ2) is 13.8. The molecule has 0 aliphatic heterocycles. The van der Waals surface area contributed by atoms with E-state index in [4.69, 9.17) is 17.3 Å². The molecule has 3 N–H and O–H groups in total. The fourth-order valence-corrected chi connectivity index (χ4v) is 3.45. The number of likely N-dealkylation sites (N-methyl/N-ethyl adjacent to an activating group) is 1. The molecule has 0 atom stereocenters. The van der Waals surface area contributed by atoms with Crippen molar-refractivity contribution in [3.63, 3.8) is 0 Å². The first-order valence-electron chi connectivity index (χ1n) is 10.6. The van der Waals surface area contributed by atoms with Crippen molar-refractivity contribution < 1.29 is 8.78 Å². The van der Waals surface area contributed by atoms with Gasteiger partial charge in [-0.3, -0.25) is 9.80 Å². The first kappa shape index (κ1) is 25.8. The third-order valence-corrected chi connectivity index (χ3v) is 5.27. The van der Waals surface area contributed by atoms with Crippen LogP contribution in [0.2, 0.25) is 5.02 Å². The van der Waals surface area contributed by atoms with Gasteiger partial charge < -0.3 is 5.73 Å².